The van der Waals surface area contributed by atoms with Crippen molar-refractivity contribution in [1.29, 1.82) is 0 Å². The van der Waals surface area contributed by atoms with E-state index in [4.69, 9.17) is 18.9 Å². The number of ether oxygens (including phenoxy) is 4. The van der Waals surface area contributed by atoms with Crippen molar-refractivity contribution in [3.8, 4) is 0 Å². The first-order valence-electron chi connectivity index (χ1n) is 6.03. The molecule has 5 atom stereocenters. The lowest BCUT2D eigenvalue weighted by Gasteiger charge is -2.41. The van der Waals surface area contributed by atoms with Crippen molar-refractivity contribution >= 4 is 33.8 Å². The Kier molecular flexibility index (Phi) is 5.94. The van der Waals surface area contributed by atoms with Crippen LogP contribution in [0.1, 0.15) is 27.7 Å². The zero-order valence-corrected chi connectivity index (χ0v) is 13.2. The molecule has 1 aliphatic heterocycles. The molecule has 0 aromatic rings. The number of carbonyl (C=O) groups is 3. The summed E-state index contributed by atoms with van der Waals surface area (Å²) in [5.41, 5.74) is 0. The molecular formula is C12H17BrO7. The van der Waals surface area contributed by atoms with E-state index < -0.39 is 47.3 Å². The van der Waals surface area contributed by atoms with Crippen molar-refractivity contribution < 1.29 is 33.3 Å². The summed E-state index contributed by atoms with van der Waals surface area (Å²) in [7, 11) is 0. The summed E-state index contributed by atoms with van der Waals surface area (Å²) >= 11 is 3.22. The molecule has 7 nitrogen and oxygen atoms in total. The third-order valence-corrected chi connectivity index (χ3v) is 3.36. The molecule has 114 valence electrons. The maximum absolute atomic E-state index is 11.2. The van der Waals surface area contributed by atoms with Gasteiger partial charge in [0.2, 0.25) is 0 Å². The second-order valence-electron chi connectivity index (χ2n) is 4.41. The highest BCUT2D eigenvalue weighted by atomic mass is 79.9. The number of hydrogen-bond donors (Lipinski definition) is 0. The summed E-state index contributed by atoms with van der Waals surface area (Å²) in [5.74, 6) is -1.67. The van der Waals surface area contributed by atoms with Gasteiger partial charge < -0.3 is 18.9 Å². The molecule has 0 spiro atoms. The lowest BCUT2D eigenvalue weighted by molar-refractivity contribution is -0.227. The number of hydrogen-bond acceptors (Lipinski definition) is 7. The Bertz CT molecular complexity index is 369. The lowest BCUT2D eigenvalue weighted by atomic mass is 10.00. The summed E-state index contributed by atoms with van der Waals surface area (Å²) in [6.45, 7) is 5.35. The molecule has 1 fully saturated rings. The monoisotopic (exact) mass is 352 g/mol. The van der Waals surface area contributed by atoms with E-state index in [1.54, 1.807) is 6.92 Å². The first-order valence-corrected chi connectivity index (χ1v) is 6.95. The molecule has 1 aliphatic rings. The van der Waals surface area contributed by atoms with E-state index in [-0.39, 0.29) is 0 Å². The third-order valence-electron chi connectivity index (χ3n) is 2.62. The Hall–Kier alpha value is -1.15. The van der Waals surface area contributed by atoms with Crippen LogP contribution < -0.4 is 0 Å². The van der Waals surface area contributed by atoms with Gasteiger partial charge in [0.05, 0.1) is 6.10 Å². The van der Waals surface area contributed by atoms with Crippen LogP contribution in [0.2, 0.25) is 0 Å². The van der Waals surface area contributed by atoms with Crippen LogP contribution in [-0.2, 0) is 33.3 Å². The van der Waals surface area contributed by atoms with Gasteiger partial charge >= 0.3 is 17.9 Å². The summed E-state index contributed by atoms with van der Waals surface area (Å²) in [5, 5.41) is -0.669. The number of rotatable bonds is 3. The summed E-state index contributed by atoms with van der Waals surface area (Å²) in [6.07, 6.45) is -3.22. The summed E-state index contributed by atoms with van der Waals surface area (Å²) < 4.78 is 20.9. The highest BCUT2D eigenvalue weighted by Gasteiger charge is 2.49. The van der Waals surface area contributed by atoms with Crippen LogP contribution in [-0.4, -0.2) is 47.3 Å². The Morgan fingerprint density at radius 2 is 1.25 bits per heavy atom. The average molecular weight is 353 g/mol. The molecule has 8 heteroatoms. The molecule has 0 aromatic heterocycles. The number of halogens is 1. The molecule has 0 saturated carbocycles. The van der Waals surface area contributed by atoms with Gasteiger partial charge in [-0.05, 0) is 6.92 Å². The summed E-state index contributed by atoms with van der Waals surface area (Å²) in [6, 6.07) is 0. The third kappa shape index (κ3) is 4.45. The summed E-state index contributed by atoms with van der Waals surface area (Å²) in [4.78, 5) is 33.5. The standard InChI is InChI=1S/C12H17BrO7/c1-5-9(18-6(2)14)10(19-7(3)15)11(12(13)17-5)20-8(4)16/h5,9-12H,1-4H3/t5-,9-,10+,11-,12+/m1/s1. The van der Waals surface area contributed by atoms with Crippen molar-refractivity contribution in [3.63, 3.8) is 0 Å². The molecule has 1 rings (SSSR count). The van der Waals surface area contributed by atoms with Crippen LogP contribution in [0.5, 0.6) is 0 Å². The van der Waals surface area contributed by atoms with E-state index >= 15 is 0 Å². The minimum atomic E-state index is -0.937. The van der Waals surface area contributed by atoms with Crippen LogP contribution in [0.3, 0.4) is 0 Å². The molecular weight excluding hydrogens is 336 g/mol. The van der Waals surface area contributed by atoms with Crippen molar-refractivity contribution in [2.45, 2.75) is 57.1 Å². The van der Waals surface area contributed by atoms with Gasteiger partial charge in [0.25, 0.3) is 0 Å². The maximum Gasteiger partial charge on any atom is 0.303 e. The van der Waals surface area contributed by atoms with Crippen molar-refractivity contribution in [3.05, 3.63) is 0 Å². The zero-order chi connectivity index (χ0) is 15.4. The van der Waals surface area contributed by atoms with E-state index in [1.807, 2.05) is 0 Å². The second-order valence-corrected chi connectivity index (χ2v) is 5.32. The topological polar surface area (TPSA) is 88.1 Å². The van der Waals surface area contributed by atoms with Gasteiger partial charge in [-0.1, -0.05) is 15.9 Å². The van der Waals surface area contributed by atoms with Crippen molar-refractivity contribution in [1.82, 2.24) is 0 Å². The van der Waals surface area contributed by atoms with E-state index in [2.05, 4.69) is 15.9 Å². The van der Waals surface area contributed by atoms with Crippen LogP contribution in [0.25, 0.3) is 0 Å². The highest BCUT2D eigenvalue weighted by Crippen LogP contribution is 2.31. The average Bonchev–Trinajstić information content (AvgIpc) is 2.27. The largest absolute Gasteiger partial charge is 0.456 e. The van der Waals surface area contributed by atoms with Crippen LogP contribution in [0, 0.1) is 0 Å². The molecule has 1 heterocycles. The van der Waals surface area contributed by atoms with Gasteiger partial charge in [0, 0.05) is 20.8 Å². The van der Waals surface area contributed by atoms with E-state index in [9.17, 15) is 14.4 Å². The molecule has 0 aliphatic carbocycles. The number of carbonyl (C=O) groups excluding carboxylic acids is 3. The predicted molar refractivity (Wildman–Crippen MR) is 69.9 cm³/mol. The van der Waals surface area contributed by atoms with E-state index in [0.29, 0.717) is 0 Å². The van der Waals surface area contributed by atoms with E-state index in [0.717, 1.165) is 0 Å². The molecule has 0 unspecified atom stereocenters. The first-order chi connectivity index (χ1) is 9.22. The molecule has 0 radical (unpaired) electrons. The Morgan fingerprint density at radius 3 is 1.70 bits per heavy atom. The van der Waals surface area contributed by atoms with Gasteiger partial charge in [0.15, 0.2) is 23.3 Å². The van der Waals surface area contributed by atoms with Gasteiger partial charge in [0.1, 0.15) is 0 Å². The molecule has 1 saturated heterocycles. The molecule has 0 bridgehead atoms. The van der Waals surface area contributed by atoms with Crippen LogP contribution in [0.15, 0.2) is 0 Å². The Labute approximate surface area is 125 Å². The minimum absolute atomic E-state index is 0.528. The SMILES string of the molecule is CC(=O)O[C@@H]1[C@@H](OC(C)=O)[C@@H](Br)O[C@H](C)[C@H]1OC(C)=O. The lowest BCUT2D eigenvalue weighted by Crippen LogP contribution is -2.59. The van der Waals surface area contributed by atoms with Gasteiger partial charge in [-0.3, -0.25) is 14.4 Å². The molecule has 20 heavy (non-hydrogen) atoms. The van der Waals surface area contributed by atoms with Gasteiger partial charge in [-0.2, -0.15) is 0 Å². The normalized spacial score (nSPS) is 33.1. The van der Waals surface area contributed by atoms with E-state index in [1.165, 1.54) is 20.8 Å². The zero-order valence-electron chi connectivity index (χ0n) is 11.6. The fraction of sp³-hybridized carbons (Fsp3) is 0.750. The minimum Gasteiger partial charge on any atom is -0.456 e. The van der Waals surface area contributed by atoms with Crippen molar-refractivity contribution in [2.75, 3.05) is 0 Å². The fourth-order valence-corrected chi connectivity index (χ4v) is 2.70. The van der Waals surface area contributed by atoms with Crippen LogP contribution in [0.4, 0.5) is 0 Å². The molecule has 0 N–H and O–H groups in total. The highest BCUT2D eigenvalue weighted by molar-refractivity contribution is 9.09. The first kappa shape index (κ1) is 16.9. The molecule has 0 aromatic carbocycles. The Morgan fingerprint density at radius 1 is 0.850 bits per heavy atom. The second kappa shape index (κ2) is 7.03. The van der Waals surface area contributed by atoms with Gasteiger partial charge in [-0.15, -0.1) is 0 Å². The number of esters is 3. The fourth-order valence-electron chi connectivity index (χ4n) is 1.96. The quantitative estimate of drug-likeness (QED) is 0.424. The van der Waals surface area contributed by atoms with Gasteiger partial charge in [-0.25, -0.2) is 0 Å². The van der Waals surface area contributed by atoms with Crippen molar-refractivity contribution in [2.24, 2.45) is 0 Å². The molecule has 0 amide bonds. The van der Waals surface area contributed by atoms with Crippen LogP contribution >= 0.6 is 15.9 Å². The smallest absolute Gasteiger partial charge is 0.303 e. The Balaban J connectivity index is 3.01. The predicted octanol–water partition coefficient (Wildman–Crippen LogP) is 0.921. The number of alkyl halides is 1. The maximum atomic E-state index is 11.2.